The lowest BCUT2D eigenvalue weighted by molar-refractivity contribution is 1.13. The van der Waals surface area contributed by atoms with Crippen LogP contribution in [0.2, 0.25) is 0 Å². The molecule has 0 saturated heterocycles. The lowest BCUT2D eigenvalue weighted by Crippen LogP contribution is -2.11. The summed E-state index contributed by atoms with van der Waals surface area (Å²) in [6.07, 6.45) is 0. The number of aromatic nitrogens is 3. The summed E-state index contributed by atoms with van der Waals surface area (Å²) in [5.41, 5.74) is 16.5. The number of hydrogen-bond donors (Lipinski definition) is 0. The molecule has 0 saturated carbocycles. The minimum atomic E-state index is 0.716. The van der Waals surface area contributed by atoms with E-state index >= 15 is 0 Å². The molecule has 10 rings (SSSR count). The molecule has 9 aromatic rings. The quantitative estimate of drug-likeness (QED) is 0.182. The zero-order chi connectivity index (χ0) is 35.3. The van der Waals surface area contributed by atoms with Crippen LogP contribution >= 0.6 is 0 Å². The van der Waals surface area contributed by atoms with Crippen LogP contribution in [0.4, 0.5) is 17.1 Å². The van der Waals surface area contributed by atoms with Crippen LogP contribution in [0.3, 0.4) is 0 Å². The summed E-state index contributed by atoms with van der Waals surface area (Å²) >= 11 is 0. The SMILES string of the molecule is Cc1c(-c2ccccc2)nc(-c2ccccc2)nc1-c1ccc(N2c3ccccc3-c3c(n(-c4ccccc4)c4ccccc34)-c3ccccc32)cc1. The maximum atomic E-state index is 5.19. The molecule has 0 fully saturated rings. The van der Waals surface area contributed by atoms with Gasteiger partial charge in [-0.2, -0.15) is 0 Å². The molecule has 4 heteroatoms. The molecule has 0 atom stereocenters. The van der Waals surface area contributed by atoms with E-state index in [4.69, 9.17) is 9.97 Å². The van der Waals surface area contributed by atoms with Crippen molar-refractivity contribution in [1.29, 1.82) is 0 Å². The minimum Gasteiger partial charge on any atom is -0.309 e. The van der Waals surface area contributed by atoms with Crippen molar-refractivity contribution >= 4 is 28.0 Å². The Labute approximate surface area is 308 Å². The molecule has 0 spiro atoms. The fourth-order valence-electron chi connectivity index (χ4n) is 7.93. The van der Waals surface area contributed by atoms with Crippen LogP contribution < -0.4 is 4.90 Å². The van der Waals surface area contributed by atoms with E-state index in [-0.39, 0.29) is 0 Å². The molecule has 0 aliphatic carbocycles. The first-order chi connectivity index (χ1) is 26.2. The third-order valence-corrected chi connectivity index (χ3v) is 10.3. The number of anilines is 3. The van der Waals surface area contributed by atoms with Gasteiger partial charge in [-0.25, -0.2) is 9.97 Å². The first kappa shape index (κ1) is 30.8. The predicted molar refractivity (Wildman–Crippen MR) is 219 cm³/mol. The molecule has 0 N–H and O–H groups in total. The predicted octanol–water partition coefficient (Wildman–Crippen LogP) is 12.8. The smallest absolute Gasteiger partial charge is 0.160 e. The van der Waals surface area contributed by atoms with Crippen LogP contribution in [0.5, 0.6) is 0 Å². The highest BCUT2D eigenvalue weighted by atomic mass is 15.2. The lowest BCUT2D eigenvalue weighted by Gasteiger charge is -2.27. The van der Waals surface area contributed by atoms with E-state index in [9.17, 15) is 0 Å². The summed E-state index contributed by atoms with van der Waals surface area (Å²) < 4.78 is 2.43. The van der Waals surface area contributed by atoms with Gasteiger partial charge in [0.15, 0.2) is 5.82 Å². The fourth-order valence-corrected chi connectivity index (χ4v) is 7.93. The number of hydrogen-bond acceptors (Lipinski definition) is 3. The van der Waals surface area contributed by atoms with Crippen LogP contribution in [-0.2, 0) is 0 Å². The Morgan fingerprint density at radius 3 is 1.60 bits per heavy atom. The Morgan fingerprint density at radius 1 is 0.415 bits per heavy atom. The van der Waals surface area contributed by atoms with Crippen molar-refractivity contribution in [3.8, 4) is 62.0 Å². The lowest BCUT2D eigenvalue weighted by atomic mass is 9.98. The van der Waals surface area contributed by atoms with Gasteiger partial charge in [-0.15, -0.1) is 0 Å². The fraction of sp³-hybridized carbons (Fsp3) is 0.0204. The van der Waals surface area contributed by atoms with Crippen LogP contribution in [0, 0.1) is 6.92 Å². The van der Waals surface area contributed by atoms with E-state index in [0.717, 1.165) is 56.4 Å². The van der Waals surface area contributed by atoms with Gasteiger partial charge in [0.25, 0.3) is 0 Å². The van der Waals surface area contributed by atoms with Gasteiger partial charge in [-0.3, -0.25) is 0 Å². The highest BCUT2D eigenvalue weighted by Gasteiger charge is 2.31. The molecule has 7 aromatic carbocycles. The molecule has 2 aromatic heterocycles. The van der Waals surface area contributed by atoms with Gasteiger partial charge in [0, 0.05) is 55.7 Å². The Morgan fingerprint density at radius 2 is 0.925 bits per heavy atom. The molecule has 3 heterocycles. The summed E-state index contributed by atoms with van der Waals surface area (Å²) in [7, 11) is 0. The summed E-state index contributed by atoms with van der Waals surface area (Å²) in [5, 5.41) is 1.23. The molecule has 4 nitrogen and oxygen atoms in total. The standard InChI is InChI=1S/C49H34N4/c1-33-46(34-17-5-2-6-18-34)50-49(36-19-7-3-8-20-36)51-47(33)35-29-31-38(32-30-35)52-42-26-14-11-23-39(42)45-40-24-12-15-27-43(40)53(37-21-9-4-10-22-37)48(45)41-25-13-16-28-44(41)52/h2-32H,1H3. The second-order valence-electron chi connectivity index (χ2n) is 13.4. The van der Waals surface area contributed by atoms with Crippen LogP contribution in [0.25, 0.3) is 72.9 Å². The summed E-state index contributed by atoms with van der Waals surface area (Å²) in [6, 6.07) is 66.6. The summed E-state index contributed by atoms with van der Waals surface area (Å²) in [6.45, 7) is 2.13. The van der Waals surface area contributed by atoms with Crippen molar-refractivity contribution in [2.45, 2.75) is 6.92 Å². The largest absolute Gasteiger partial charge is 0.309 e. The van der Waals surface area contributed by atoms with Gasteiger partial charge in [-0.1, -0.05) is 146 Å². The monoisotopic (exact) mass is 678 g/mol. The van der Waals surface area contributed by atoms with E-state index in [1.54, 1.807) is 0 Å². The van der Waals surface area contributed by atoms with Crippen molar-refractivity contribution in [3.05, 3.63) is 194 Å². The second-order valence-corrected chi connectivity index (χ2v) is 13.4. The van der Waals surface area contributed by atoms with Gasteiger partial charge in [0.2, 0.25) is 0 Å². The highest BCUT2D eigenvalue weighted by molar-refractivity contribution is 6.13. The van der Waals surface area contributed by atoms with Crippen molar-refractivity contribution in [1.82, 2.24) is 14.5 Å². The van der Waals surface area contributed by atoms with Crippen LogP contribution in [0.15, 0.2) is 188 Å². The number of rotatable bonds is 5. The molecule has 0 amide bonds. The van der Waals surface area contributed by atoms with Crippen molar-refractivity contribution in [2.75, 3.05) is 4.90 Å². The van der Waals surface area contributed by atoms with E-state index in [2.05, 4.69) is 180 Å². The Bertz CT molecular complexity index is 2770. The Hall–Kier alpha value is -7.04. The molecule has 0 radical (unpaired) electrons. The second kappa shape index (κ2) is 12.6. The van der Waals surface area contributed by atoms with Crippen LogP contribution in [0.1, 0.15) is 5.56 Å². The number of nitrogens with zero attached hydrogens (tertiary/aromatic N) is 4. The maximum absolute atomic E-state index is 5.19. The zero-order valence-electron chi connectivity index (χ0n) is 29.2. The van der Waals surface area contributed by atoms with E-state index < -0.39 is 0 Å². The Kier molecular flexibility index (Phi) is 7.33. The van der Waals surface area contributed by atoms with Gasteiger partial charge in [0.05, 0.1) is 34.0 Å². The van der Waals surface area contributed by atoms with E-state index in [1.807, 2.05) is 24.3 Å². The van der Waals surface area contributed by atoms with Gasteiger partial charge in [-0.05, 0) is 49.4 Å². The molecule has 250 valence electrons. The molecule has 1 aliphatic rings. The average molecular weight is 679 g/mol. The first-order valence-electron chi connectivity index (χ1n) is 18.0. The van der Waals surface area contributed by atoms with Crippen molar-refractivity contribution in [3.63, 3.8) is 0 Å². The molecule has 0 bridgehead atoms. The summed E-state index contributed by atoms with van der Waals surface area (Å²) in [5.74, 6) is 0.716. The van der Waals surface area contributed by atoms with E-state index in [0.29, 0.717) is 5.82 Å². The number of para-hydroxylation sites is 4. The number of fused-ring (bicyclic) bond motifs is 7. The van der Waals surface area contributed by atoms with Crippen molar-refractivity contribution < 1.29 is 0 Å². The first-order valence-corrected chi connectivity index (χ1v) is 18.0. The summed E-state index contributed by atoms with van der Waals surface area (Å²) in [4.78, 5) is 12.7. The van der Waals surface area contributed by atoms with E-state index in [1.165, 1.54) is 33.3 Å². The third-order valence-electron chi connectivity index (χ3n) is 10.3. The Balaban J connectivity index is 1.17. The third kappa shape index (κ3) is 5.07. The highest BCUT2D eigenvalue weighted by Crippen LogP contribution is 2.54. The number of benzene rings is 7. The zero-order valence-corrected chi connectivity index (χ0v) is 29.2. The molecule has 53 heavy (non-hydrogen) atoms. The van der Waals surface area contributed by atoms with Gasteiger partial charge >= 0.3 is 0 Å². The molecular weight excluding hydrogens is 645 g/mol. The average Bonchev–Trinajstić information content (AvgIpc) is 3.51. The van der Waals surface area contributed by atoms with Gasteiger partial charge < -0.3 is 9.47 Å². The van der Waals surface area contributed by atoms with Crippen LogP contribution in [-0.4, -0.2) is 14.5 Å². The topological polar surface area (TPSA) is 34.0 Å². The molecule has 1 aliphatic heterocycles. The molecule has 0 unspecified atom stereocenters. The normalized spacial score (nSPS) is 11.8. The minimum absolute atomic E-state index is 0.716. The molecular formula is C49H34N4. The van der Waals surface area contributed by atoms with Gasteiger partial charge in [0.1, 0.15) is 0 Å². The van der Waals surface area contributed by atoms with Crippen molar-refractivity contribution in [2.24, 2.45) is 0 Å². The maximum Gasteiger partial charge on any atom is 0.160 e.